The van der Waals surface area contributed by atoms with Gasteiger partial charge in [-0.25, -0.2) is 9.97 Å². The van der Waals surface area contributed by atoms with Crippen molar-refractivity contribution in [3.63, 3.8) is 0 Å². The van der Waals surface area contributed by atoms with Gasteiger partial charge in [0.1, 0.15) is 11.6 Å². The van der Waals surface area contributed by atoms with Gasteiger partial charge in [-0.1, -0.05) is 35.9 Å². The van der Waals surface area contributed by atoms with E-state index in [9.17, 15) is 0 Å². The van der Waals surface area contributed by atoms with Gasteiger partial charge in [-0.2, -0.15) is 5.10 Å². The first-order chi connectivity index (χ1) is 15.5. The zero-order valence-electron chi connectivity index (χ0n) is 19.1. The van der Waals surface area contributed by atoms with E-state index in [1.807, 2.05) is 31.2 Å². The lowest BCUT2D eigenvalue weighted by molar-refractivity contribution is 0.158. The molecule has 3 heterocycles. The molecule has 1 saturated heterocycles. The fraction of sp³-hybridized carbons (Fsp3) is 0.375. The van der Waals surface area contributed by atoms with Gasteiger partial charge in [0.05, 0.1) is 0 Å². The summed E-state index contributed by atoms with van der Waals surface area (Å²) in [6.07, 6.45) is 3.97. The van der Waals surface area contributed by atoms with E-state index in [0.29, 0.717) is 11.6 Å². The molecule has 1 aliphatic heterocycles. The maximum atomic E-state index is 4.70. The van der Waals surface area contributed by atoms with E-state index in [-0.39, 0.29) is 0 Å². The number of nitrogens with zero attached hydrogens (tertiary/aromatic N) is 5. The lowest BCUT2D eigenvalue weighted by Gasteiger charge is -2.32. The number of anilines is 3. The highest BCUT2D eigenvalue weighted by atomic mass is 15.3. The van der Waals surface area contributed by atoms with E-state index in [2.05, 4.69) is 73.9 Å². The van der Waals surface area contributed by atoms with Gasteiger partial charge in [-0.05, 0) is 32.5 Å². The van der Waals surface area contributed by atoms with Crippen molar-refractivity contribution in [3.8, 4) is 0 Å². The fourth-order valence-electron chi connectivity index (χ4n) is 3.57. The van der Waals surface area contributed by atoms with Crippen LogP contribution in [0.15, 0.2) is 36.4 Å². The Morgan fingerprint density at radius 1 is 0.938 bits per heavy atom. The van der Waals surface area contributed by atoms with Gasteiger partial charge < -0.3 is 15.5 Å². The maximum absolute atomic E-state index is 4.70. The van der Waals surface area contributed by atoms with Gasteiger partial charge in [0.2, 0.25) is 0 Å². The summed E-state index contributed by atoms with van der Waals surface area (Å²) in [5, 5.41) is 13.9. The second kappa shape index (κ2) is 10.4. The van der Waals surface area contributed by atoms with E-state index in [1.165, 1.54) is 5.56 Å². The first-order valence-corrected chi connectivity index (χ1v) is 11.1. The zero-order valence-corrected chi connectivity index (χ0v) is 19.1. The van der Waals surface area contributed by atoms with Crippen molar-refractivity contribution in [2.75, 3.05) is 56.9 Å². The van der Waals surface area contributed by atoms with Crippen LogP contribution in [0.3, 0.4) is 0 Å². The topological polar surface area (TPSA) is 85.0 Å². The predicted molar refractivity (Wildman–Crippen MR) is 131 cm³/mol. The van der Waals surface area contributed by atoms with Crippen LogP contribution in [0.25, 0.3) is 12.2 Å². The molecular weight excluding hydrogens is 400 g/mol. The van der Waals surface area contributed by atoms with Crippen LogP contribution < -0.4 is 10.6 Å². The molecule has 1 aliphatic rings. The monoisotopic (exact) mass is 432 g/mol. The van der Waals surface area contributed by atoms with Gasteiger partial charge in [-0.15, -0.1) is 0 Å². The molecular formula is C24H32N8. The highest BCUT2D eigenvalue weighted by Crippen LogP contribution is 2.18. The SMILES string of the molecule is Cc1ccc(C=Cc2nc(NCCN3CCN(C)CC3)cc(Nc3cc(C)[nH]n3)n2)cc1. The second-order valence-electron chi connectivity index (χ2n) is 8.37. The number of aryl methyl sites for hydroxylation is 2. The van der Waals surface area contributed by atoms with E-state index in [4.69, 9.17) is 4.98 Å². The third-order valence-electron chi connectivity index (χ3n) is 5.54. The van der Waals surface area contributed by atoms with Crippen molar-refractivity contribution < 1.29 is 0 Å². The van der Waals surface area contributed by atoms with Crippen LogP contribution in [-0.2, 0) is 0 Å². The normalized spacial score (nSPS) is 15.3. The molecule has 0 bridgehead atoms. The van der Waals surface area contributed by atoms with Crippen molar-refractivity contribution >= 4 is 29.6 Å². The summed E-state index contributed by atoms with van der Waals surface area (Å²) in [6, 6.07) is 12.3. The summed E-state index contributed by atoms with van der Waals surface area (Å²) in [5.74, 6) is 2.88. The van der Waals surface area contributed by atoms with Crippen molar-refractivity contribution in [2.45, 2.75) is 13.8 Å². The molecule has 2 aromatic heterocycles. The van der Waals surface area contributed by atoms with Gasteiger partial charge in [0.15, 0.2) is 11.6 Å². The minimum Gasteiger partial charge on any atom is -0.369 e. The number of benzene rings is 1. The number of aromatic amines is 1. The lowest BCUT2D eigenvalue weighted by Crippen LogP contribution is -2.45. The quantitative estimate of drug-likeness (QED) is 0.503. The van der Waals surface area contributed by atoms with Crippen LogP contribution in [0.4, 0.5) is 17.5 Å². The lowest BCUT2D eigenvalue weighted by atomic mass is 10.1. The second-order valence-corrected chi connectivity index (χ2v) is 8.37. The average molecular weight is 433 g/mol. The van der Waals surface area contributed by atoms with E-state index in [1.54, 1.807) is 0 Å². The number of nitrogens with one attached hydrogen (secondary N) is 3. The van der Waals surface area contributed by atoms with E-state index in [0.717, 1.165) is 62.2 Å². The van der Waals surface area contributed by atoms with Crippen LogP contribution in [-0.4, -0.2) is 76.3 Å². The Kier molecular flexibility index (Phi) is 7.14. The Morgan fingerprint density at radius 3 is 2.41 bits per heavy atom. The summed E-state index contributed by atoms with van der Waals surface area (Å²) in [5.41, 5.74) is 3.35. The van der Waals surface area contributed by atoms with Gasteiger partial charge in [-0.3, -0.25) is 10.00 Å². The zero-order chi connectivity index (χ0) is 22.3. The molecule has 0 atom stereocenters. The van der Waals surface area contributed by atoms with Crippen LogP contribution in [0, 0.1) is 13.8 Å². The summed E-state index contributed by atoms with van der Waals surface area (Å²) in [7, 11) is 2.18. The summed E-state index contributed by atoms with van der Waals surface area (Å²) < 4.78 is 0. The van der Waals surface area contributed by atoms with Crippen molar-refractivity contribution in [1.29, 1.82) is 0 Å². The molecule has 0 aliphatic carbocycles. The number of hydrogen-bond donors (Lipinski definition) is 3. The number of H-pyrrole nitrogens is 1. The molecule has 8 nitrogen and oxygen atoms in total. The Balaban J connectivity index is 1.46. The van der Waals surface area contributed by atoms with Gasteiger partial charge in [0.25, 0.3) is 0 Å². The molecule has 0 radical (unpaired) electrons. The van der Waals surface area contributed by atoms with Crippen molar-refractivity contribution in [2.24, 2.45) is 0 Å². The minimum absolute atomic E-state index is 0.643. The van der Waals surface area contributed by atoms with E-state index < -0.39 is 0 Å². The van der Waals surface area contributed by atoms with Crippen LogP contribution in [0.2, 0.25) is 0 Å². The number of likely N-dealkylation sites (N-methyl/N-ethyl adjacent to an activating group) is 1. The number of piperazine rings is 1. The molecule has 1 fully saturated rings. The Labute approximate surface area is 189 Å². The van der Waals surface area contributed by atoms with Gasteiger partial charge in [0, 0.05) is 57.1 Å². The molecule has 0 spiro atoms. The van der Waals surface area contributed by atoms with Gasteiger partial charge >= 0.3 is 0 Å². The molecule has 32 heavy (non-hydrogen) atoms. The highest BCUT2D eigenvalue weighted by molar-refractivity contribution is 5.68. The number of aromatic nitrogens is 4. The van der Waals surface area contributed by atoms with Crippen LogP contribution in [0.1, 0.15) is 22.6 Å². The molecule has 0 unspecified atom stereocenters. The molecule has 3 N–H and O–H groups in total. The minimum atomic E-state index is 0.643. The fourth-order valence-corrected chi connectivity index (χ4v) is 3.57. The third-order valence-corrected chi connectivity index (χ3v) is 5.54. The van der Waals surface area contributed by atoms with Crippen LogP contribution in [0.5, 0.6) is 0 Å². The van der Waals surface area contributed by atoms with Crippen LogP contribution >= 0.6 is 0 Å². The molecule has 0 saturated carbocycles. The first-order valence-electron chi connectivity index (χ1n) is 11.1. The molecule has 4 rings (SSSR count). The summed E-state index contributed by atoms with van der Waals surface area (Å²) in [6.45, 7) is 10.4. The molecule has 1 aromatic carbocycles. The maximum Gasteiger partial charge on any atom is 0.156 e. The van der Waals surface area contributed by atoms with Crippen molar-refractivity contribution in [1.82, 2.24) is 30.0 Å². The summed E-state index contributed by atoms with van der Waals surface area (Å²) in [4.78, 5) is 14.2. The molecule has 3 aromatic rings. The number of hydrogen-bond acceptors (Lipinski definition) is 7. The third kappa shape index (κ3) is 6.38. The highest BCUT2D eigenvalue weighted by Gasteiger charge is 2.13. The average Bonchev–Trinajstić information content (AvgIpc) is 3.19. The molecule has 8 heteroatoms. The Morgan fingerprint density at radius 2 is 1.69 bits per heavy atom. The Hall–Kier alpha value is -3.23. The number of rotatable bonds is 8. The molecule has 168 valence electrons. The first kappa shape index (κ1) is 22.0. The summed E-state index contributed by atoms with van der Waals surface area (Å²) >= 11 is 0. The Bertz CT molecular complexity index is 1030. The molecule has 0 amide bonds. The largest absolute Gasteiger partial charge is 0.369 e. The standard InChI is InChI=1S/C24H32N8/c1-18-4-6-20(7-5-18)8-9-21-26-22(25-10-11-32-14-12-31(3)13-15-32)17-23(27-21)28-24-16-19(2)29-30-24/h4-9,16-17H,10-15H2,1-3H3,(H3,25,26,27,28,29,30). The van der Waals surface area contributed by atoms with Crippen molar-refractivity contribution in [3.05, 3.63) is 59.0 Å². The predicted octanol–water partition coefficient (Wildman–Crippen LogP) is 3.39. The smallest absolute Gasteiger partial charge is 0.156 e. The van der Waals surface area contributed by atoms with E-state index >= 15 is 0 Å².